The normalized spacial score (nSPS) is 14.4. The van der Waals surface area contributed by atoms with Crippen molar-refractivity contribution in [3.05, 3.63) is 0 Å². The predicted molar refractivity (Wildman–Crippen MR) is 75.9 cm³/mol. The molecule has 0 spiro atoms. The highest BCUT2D eigenvalue weighted by Gasteiger charge is 2.14. The Morgan fingerprint density at radius 2 is 1.30 bits per heavy atom. The summed E-state index contributed by atoms with van der Waals surface area (Å²) < 4.78 is 11.3. The van der Waals surface area contributed by atoms with Crippen molar-refractivity contribution in [3.8, 4) is 0 Å². The third-order valence-corrected chi connectivity index (χ3v) is 4.08. The van der Waals surface area contributed by atoms with Crippen LogP contribution in [0.1, 0.15) is 6.92 Å². The first-order valence-corrected chi connectivity index (χ1v) is 7.73. The molecular weight excluding hydrogens is 312 g/mol. The molecule has 0 fully saturated rings. The van der Waals surface area contributed by atoms with Crippen LogP contribution < -0.4 is 17.2 Å². The highest BCUT2D eigenvalue weighted by Crippen LogP contribution is 2.22. The first kappa shape index (κ1) is 21.3. The summed E-state index contributed by atoms with van der Waals surface area (Å²) in [4.78, 5) is 30.1. The second kappa shape index (κ2) is 11.8. The van der Waals surface area contributed by atoms with Crippen LogP contribution >= 0.6 is 21.6 Å². The van der Waals surface area contributed by atoms with Crippen molar-refractivity contribution in [1.29, 1.82) is 0 Å². The standard InChI is InChI=1S/C6H12N2O4S2.C3H6FNO/c7-3(5(9)10)1-13-14-2-4(8)6(11)12;1-2(4)3(5)6/h3-4H,1-2,7-8H2,(H,9,10)(H,11,12);2H,1H3,(H2,5,6)/t3-,4-;/m0./s1/i;4-1. The van der Waals surface area contributed by atoms with Crippen molar-refractivity contribution >= 4 is 39.4 Å². The second-order valence-corrected chi connectivity index (χ2v) is 6.03. The van der Waals surface area contributed by atoms with Gasteiger partial charge in [-0.3, -0.25) is 14.4 Å². The van der Waals surface area contributed by atoms with Crippen molar-refractivity contribution in [3.63, 3.8) is 0 Å². The van der Waals surface area contributed by atoms with Crippen LogP contribution in [-0.2, 0) is 14.4 Å². The fraction of sp³-hybridized carbons (Fsp3) is 0.667. The van der Waals surface area contributed by atoms with Crippen LogP contribution in [0.4, 0.5) is 4.39 Å². The fourth-order valence-electron chi connectivity index (χ4n) is 0.385. The number of carbonyl (C=O) groups excluding carboxylic acids is 1. The molecule has 0 aromatic carbocycles. The number of carbonyl (C=O) groups is 3. The number of halogens is 1. The molecule has 0 aliphatic rings. The lowest BCUT2D eigenvalue weighted by Gasteiger charge is -2.07. The van der Waals surface area contributed by atoms with E-state index in [1.54, 1.807) is 0 Å². The Labute approximate surface area is 123 Å². The number of hydrogen-bond acceptors (Lipinski definition) is 7. The van der Waals surface area contributed by atoms with Gasteiger partial charge in [-0.2, -0.15) is 0 Å². The maximum absolute atomic E-state index is 11.3. The summed E-state index contributed by atoms with van der Waals surface area (Å²) in [7, 11) is 2.41. The number of carboxylic acid groups (broad SMARTS) is 2. The molecule has 1 unspecified atom stereocenters. The number of amides is 1. The molecule has 0 aliphatic carbocycles. The number of alkyl halides is 1. The van der Waals surface area contributed by atoms with Gasteiger partial charge in [0.25, 0.3) is 5.91 Å². The number of nitrogens with two attached hydrogens (primary N) is 3. The van der Waals surface area contributed by atoms with E-state index in [1.807, 2.05) is 0 Å². The van der Waals surface area contributed by atoms with E-state index in [-0.39, 0.29) is 11.5 Å². The van der Waals surface area contributed by atoms with Crippen LogP contribution in [0.2, 0.25) is 0 Å². The van der Waals surface area contributed by atoms with Gasteiger partial charge in [0.15, 0.2) is 6.17 Å². The molecule has 0 saturated heterocycles. The molecule has 118 valence electrons. The van der Waals surface area contributed by atoms with Crippen LogP contribution in [0.15, 0.2) is 0 Å². The average molecular weight is 330 g/mol. The lowest BCUT2D eigenvalue weighted by molar-refractivity contribution is -0.138. The van der Waals surface area contributed by atoms with E-state index in [2.05, 4.69) is 5.73 Å². The molecule has 0 rings (SSSR count). The zero-order valence-electron chi connectivity index (χ0n) is 10.7. The van der Waals surface area contributed by atoms with Crippen LogP contribution in [0.25, 0.3) is 0 Å². The molecule has 0 aliphatic heterocycles. The first-order chi connectivity index (χ1) is 9.09. The largest absolute Gasteiger partial charge is 0.480 e. The second-order valence-electron chi connectivity index (χ2n) is 3.48. The molecule has 1 amide bonds. The van der Waals surface area contributed by atoms with Gasteiger partial charge in [0.2, 0.25) is 0 Å². The lowest BCUT2D eigenvalue weighted by atomic mass is 10.4. The summed E-state index contributed by atoms with van der Waals surface area (Å²) in [5.74, 6) is -2.59. The number of carboxylic acids is 2. The Hall–Kier alpha value is -1.04. The van der Waals surface area contributed by atoms with Gasteiger partial charge < -0.3 is 27.4 Å². The van der Waals surface area contributed by atoms with Gasteiger partial charge in [-0.15, -0.1) is 0 Å². The van der Waals surface area contributed by atoms with E-state index in [1.165, 1.54) is 21.6 Å². The molecule has 0 aromatic rings. The summed E-state index contributed by atoms with van der Waals surface area (Å²) in [6.07, 6.45) is -1.51. The zero-order chi connectivity index (χ0) is 16.3. The van der Waals surface area contributed by atoms with Gasteiger partial charge in [0.05, 0.1) is 0 Å². The Balaban J connectivity index is 0. The maximum Gasteiger partial charge on any atom is 0.321 e. The number of aliphatic carboxylic acids is 2. The Kier molecular flexibility index (Phi) is 12.5. The SMILES string of the molecule is CC([18F])C(N)=O.N[C@@H](CSSC[C@H](N)C(=O)O)C(=O)O. The third kappa shape index (κ3) is 13.4. The van der Waals surface area contributed by atoms with E-state index in [0.29, 0.717) is 0 Å². The Morgan fingerprint density at radius 3 is 1.45 bits per heavy atom. The van der Waals surface area contributed by atoms with Gasteiger partial charge in [0, 0.05) is 11.5 Å². The molecule has 11 heteroatoms. The molecular formula is C9H18FN3O5S2. The summed E-state index contributed by atoms with van der Waals surface area (Å²) in [5, 5.41) is 16.8. The third-order valence-electron chi connectivity index (χ3n) is 1.60. The minimum absolute atomic E-state index is 0.229. The fourth-order valence-corrected chi connectivity index (χ4v) is 2.61. The monoisotopic (exact) mass is 330 g/mol. The van der Waals surface area contributed by atoms with E-state index < -0.39 is 36.1 Å². The Morgan fingerprint density at radius 1 is 1.05 bits per heavy atom. The molecule has 0 radical (unpaired) electrons. The molecule has 3 atom stereocenters. The highest BCUT2D eigenvalue weighted by molar-refractivity contribution is 8.76. The minimum atomic E-state index is -1.51. The molecule has 0 saturated carbocycles. The van der Waals surface area contributed by atoms with Crippen LogP contribution in [0, 0.1) is 0 Å². The molecule has 0 aromatic heterocycles. The average Bonchev–Trinajstić information content (AvgIpc) is 2.34. The van der Waals surface area contributed by atoms with Crippen molar-refractivity contribution in [2.45, 2.75) is 25.2 Å². The summed E-state index contributed by atoms with van der Waals surface area (Å²) in [6, 6.07) is -1.85. The molecule has 8 nitrogen and oxygen atoms in total. The van der Waals surface area contributed by atoms with E-state index in [0.717, 1.165) is 6.92 Å². The maximum atomic E-state index is 11.3. The van der Waals surface area contributed by atoms with Crippen LogP contribution in [0.3, 0.4) is 0 Å². The van der Waals surface area contributed by atoms with Gasteiger partial charge in [-0.05, 0) is 6.92 Å². The van der Waals surface area contributed by atoms with Crippen molar-refractivity contribution in [1.82, 2.24) is 0 Å². The summed E-state index contributed by atoms with van der Waals surface area (Å²) >= 11 is 0. The van der Waals surface area contributed by atoms with E-state index in [4.69, 9.17) is 21.7 Å². The smallest absolute Gasteiger partial charge is 0.321 e. The molecule has 0 heterocycles. The van der Waals surface area contributed by atoms with Crippen LogP contribution in [-0.4, -0.2) is 57.8 Å². The van der Waals surface area contributed by atoms with Gasteiger partial charge in [-0.25, -0.2) is 4.39 Å². The lowest BCUT2D eigenvalue weighted by Crippen LogP contribution is -2.33. The van der Waals surface area contributed by atoms with Crippen molar-refractivity contribution < 1.29 is 29.0 Å². The highest BCUT2D eigenvalue weighted by atomic mass is 33.1. The first-order valence-electron chi connectivity index (χ1n) is 5.24. The van der Waals surface area contributed by atoms with Gasteiger partial charge >= 0.3 is 11.9 Å². The van der Waals surface area contributed by atoms with Gasteiger partial charge in [0.1, 0.15) is 12.1 Å². The van der Waals surface area contributed by atoms with Crippen molar-refractivity contribution in [2.24, 2.45) is 17.2 Å². The number of rotatable bonds is 8. The predicted octanol–water partition coefficient (Wildman–Crippen LogP) is -0.979. The summed E-state index contributed by atoms with van der Waals surface area (Å²) in [5.41, 5.74) is 14.8. The van der Waals surface area contributed by atoms with Crippen LogP contribution in [0.5, 0.6) is 0 Å². The molecule has 8 N–H and O–H groups in total. The number of hydrogen-bond donors (Lipinski definition) is 5. The topological polar surface area (TPSA) is 170 Å². The van der Waals surface area contributed by atoms with E-state index in [9.17, 15) is 18.8 Å². The van der Waals surface area contributed by atoms with Crippen molar-refractivity contribution in [2.75, 3.05) is 11.5 Å². The number of primary amides is 1. The molecule has 0 bridgehead atoms. The quantitative estimate of drug-likeness (QED) is 0.277. The minimum Gasteiger partial charge on any atom is -0.480 e. The Bertz CT molecular complexity index is 311. The summed E-state index contributed by atoms with van der Waals surface area (Å²) in [6.45, 7) is 1.10. The zero-order valence-corrected chi connectivity index (χ0v) is 12.3. The van der Waals surface area contributed by atoms with E-state index >= 15 is 0 Å². The van der Waals surface area contributed by atoms with Gasteiger partial charge in [-0.1, -0.05) is 21.6 Å². The molecule has 20 heavy (non-hydrogen) atoms.